The minimum atomic E-state index is -0.741. The number of rotatable bonds is 8. The molecule has 158 valence electrons. The Bertz CT molecular complexity index is 942. The fourth-order valence-electron chi connectivity index (χ4n) is 3.22. The van der Waals surface area contributed by atoms with Crippen LogP contribution in [0.5, 0.6) is 11.5 Å². The largest absolute Gasteiger partial charge is 0.495 e. The van der Waals surface area contributed by atoms with Crippen molar-refractivity contribution in [3.63, 3.8) is 0 Å². The molecule has 30 heavy (non-hydrogen) atoms. The van der Waals surface area contributed by atoms with Gasteiger partial charge in [0, 0.05) is 12.6 Å². The third-order valence-corrected chi connectivity index (χ3v) is 4.56. The number of hydrogen-bond donors (Lipinski definition) is 2. The van der Waals surface area contributed by atoms with Gasteiger partial charge in [0.25, 0.3) is 5.91 Å². The molecule has 1 heterocycles. The van der Waals surface area contributed by atoms with Crippen LogP contribution in [-0.2, 0) is 14.4 Å². The molecule has 2 aromatic carbocycles. The second-order valence-electron chi connectivity index (χ2n) is 6.91. The van der Waals surface area contributed by atoms with E-state index in [0.29, 0.717) is 35.2 Å². The Morgan fingerprint density at radius 1 is 1.17 bits per heavy atom. The van der Waals surface area contributed by atoms with Crippen molar-refractivity contribution in [3.05, 3.63) is 42.5 Å². The van der Waals surface area contributed by atoms with E-state index in [0.717, 1.165) is 6.42 Å². The predicted molar refractivity (Wildman–Crippen MR) is 114 cm³/mol. The van der Waals surface area contributed by atoms with Crippen molar-refractivity contribution in [2.45, 2.75) is 32.7 Å². The zero-order valence-electron chi connectivity index (χ0n) is 17.2. The van der Waals surface area contributed by atoms with Crippen LogP contribution >= 0.6 is 0 Å². The van der Waals surface area contributed by atoms with Gasteiger partial charge >= 0.3 is 0 Å². The number of ether oxygens (including phenoxy) is 2. The van der Waals surface area contributed by atoms with Gasteiger partial charge in [0.1, 0.15) is 17.5 Å². The normalized spacial score (nSPS) is 15.8. The van der Waals surface area contributed by atoms with E-state index in [1.165, 1.54) is 18.9 Å². The molecular formula is C22H25N3O5. The molecular weight excluding hydrogens is 386 g/mol. The number of nitrogens with one attached hydrogen (secondary N) is 2. The summed E-state index contributed by atoms with van der Waals surface area (Å²) in [6.45, 7) is 4.03. The molecule has 1 saturated heterocycles. The van der Waals surface area contributed by atoms with Gasteiger partial charge in [0.15, 0.2) is 0 Å². The summed E-state index contributed by atoms with van der Waals surface area (Å²) in [5, 5.41) is 5.77. The number of nitrogens with zero attached hydrogens (tertiary/aromatic N) is 1. The summed E-state index contributed by atoms with van der Waals surface area (Å²) in [5.41, 5.74) is 1.57. The van der Waals surface area contributed by atoms with Gasteiger partial charge < -0.3 is 20.1 Å². The van der Waals surface area contributed by atoms with Gasteiger partial charge in [-0.25, -0.2) is 4.90 Å². The molecule has 1 atom stereocenters. The topological polar surface area (TPSA) is 97.0 Å². The summed E-state index contributed by atoms with van der Waals surface area (Å²) >= 11 is 0. The van der Waals surface area contributed by atoms with Gasteiger partial charge in [-0.05, 0) is 48.9 Å². The standard InChI is InChI=1S/C22H25N3O5/c1-4-11-30-17-8-6-16(7-9-17)25-21(27)13-19(22(25)28)24-18-12-15(23-14(2)26)5-10-20(18)29-3/h5-10,12,19,24H,4,11,13H2,1-3H3,(H,23,26)/t19-/m1/s1. The fraction of sp³-hybridized carbons (Fsp3) is 0.318. The van der Waals surface area contributed by atoms with Gasteiger partial charge in [-0.15, -0.1) is 0 Å². The maximum absolute atomic E-state index is 12.9. The Balaban J connectivity index is 1.77. The molecule has 0 bridgehead atoms. The van der Waals surface area contributed by atoms with Crippen molar-refractivity contribution in [2.75, 3.05) is 29.3 Å². The number of carbonyl (C=O) groups excluding carboxylic acids is 3. The Morgan fingerprint density at radius 3 is 2.53 bits per heavy atom. The van der Waals surface area contributed by atoms with Gasteiger partial charge in [-0.3, -0.25) is 14.4 Å². The molecule has 0 spiro atoms. The average Bonchev–Trinajstić information content (AvgIpc) is 2.99. The van der Waals surface area contributed by atoms with Crippen molar-refractivity contribution in [1.82, 2.24) is 0 Å². The van der Waals surface area contributed by atoms with E-state index in [4.69, 9.17) is 9.47 Å². The van der Waals surface area contributed by atoms with E-state index in [9.17, 15) is 14.4 Å². The highest BCUT2D eigenvalue weighted by molar-refractivity contribution is 6.23. The summed E-state index contributed by atoms with van der Waals surface area (Å²) in [5.74, 6) is 0.329. The number of amides is 3. The molecule has 1 fully saturated rings. The molecule has 8 nitrogen and oxygen atoms in total. The quantitative estimate of drug-likeness (QED) is 0.648. The lowest BCUT2D eigenvalue weighted by Gasteiger charge is -2.18. The zero-order chi connectivity index (χ0) is 21.7. The van der Waals surface area contributed by atoms with Gasteiger partial charge in [-0.2, -0.15) is 0 Å². The first-order valence-corrected chi connectivity index (χ1v) is 9.74. The van der Waals surface area contributed by atoms with E-state index in [1.54, 1.807) is 42.5 Å². The number of anilines is 3. The van der Waals surface area contributed by atoms with Crippen LogP contribution in [0.1, 0.15) is 26.7 Å². The van der Waals surface area contributed by atoms with Crippen LogP contribution in [-0.4, -0.2) is 37.5 Å². The van der Waals surface area contributed by atoms with Crippen LogP contribution in [0.3, 0.4) is 0 Å². The summed E-state index contributed by atoms with van der Waals surface area (Å²) in [6, 6.07) is 11.2. The average molecular weight is 411 g/mol. The minimum absolute atomic E-state index is 0.0143. The van der Waals surface area contributed by atoms with Crippen molar-refractivity contribution in [3.8, 4) is 11.5 Å². The maximum atomic E-state index is 12.9. The molecule has 0 radical (unpaired) electrons. The zero-order valence-corrected chi connectivity index (χ0v) is 17.2. The summed E-state index contributed by atoms with van der Waals surface area (Å²) < 4.78 is 10.9. The van der Waals surface area contributed by atoms with E-state index in [-0.39, 0.29) is 24.1 Å². The Hall–Kier alpha value is -3.55. The molecule has 0 saturated carbocycles. The molecule has 0 unspecified atom stereocenters. The number of imide groups is 1. The first-order chi connectivity index (χ1) is 14.4. The van der Waals surface area contributed by atoms with Crippen LogP contribution < -0.4 is 25.0 Å². The smallest absolute Gasteiger partial charge is 0.256 e. The lowest BCUT2D eigenvalue weighted by atomic mass is 10.2. The molecule has 1 aliphatic rings. The summed E-state index contributed by atoms with van der Waals surface area (Å²) in [4.78, 5) is 38.0. The highest BCUT2D eigenvalue weighted by Crippen LogP contribution is 2.32. The van der Waals surface area contributed by atoms with Crippen LogP contribution in [0, 0.1) is 0 Å². The molecule has 0 aromatic heterocycles. The van der Waals surface area contributed by atoms with Crippen LogP contribution in [0.25, 0.3) is 0 Å². The third kappa shape index (κ3) is 4.71. The van der Waals surface area contributed by atoms with Gasteiger partial charge in [0.05, 0.1) is 31.5 Å². The van der Waals surface area contributed by atoms with Crippen molar-refractivity contribution in [1.29, 1.82) is 0 Å². The second kappa shape index (κ2) is 9.30. The predicted octanol–water partition coefficient (Wildman–Crippen LogP) is 3.19. The molecule has 8 heteroatoms. The van der Waals surface area contributed by atoms with Crippen LogP contribution in [0.15, 0.2) is 42.5 Å². The SMILES string of the molecule is CCCOc1ccc(N2C(=O)C[C@@H](Nc3cc(NC(C)=O)ccc3OC)C2=O)cc1. The van der Waals surface area contributed by atoms with Crippen LogP contribution in [0.4, 0.5) is 17.1 Å². The molecule has 2 N–H and O–H groups in total. The van der Waals surface area contributed by atoms with Gasteiger partial charge in [0.2, 0.25) is 11.8 Å². The lowest BCUT2D eigenvalue weighted by Crippen LogP contribution is -2.34. The fourth-order valence-corrected chi connectivity index (χ4v) is 3.22. The highest BCUT2D eigenvalue weighted by atomic mass is 16.5. The van der Waals surface area contributed by atoms with Crippen molar-refractivity contribution in [2.24, 2.45) is 0 Å². The number of carbonyl (C=O) groups is 3. The Kier molecular flexibility index (Phi) is 6.56. The first kappa shape index (κ1) is 21.2. The highest BCUT2D eigenvalue weighted by Gasteiger charge is 2.40. The summed E-state index contributed by atoms with van der Waals surface area (Å²) in [6.07, 6.45) is 0.908. The number of benzene rings is 2. The second-order valence-corrected chi connectivity index (χ2v) is 6.91. The third-order valence-electron chi connectivity index (χ3n) is 4.56. The monoisotopic (exact) mass is 411 g/mol. The lowest BCUT2D eigenvalue weighted by molar-refractivity contribution is -0.121. The molecule has 1 aliphatic heterocycles. The maximum Gasteiger partial charge on any atom is 0.256 e. The summed E-state index contributed by atoms with van der Waals surface area (Å²) in [7, 11) is 1.51. The number of methoxy groups -OCH3 is 1. The molecule has 3 amide bonds. The van der Waals surface area contributed by atoms with Gasteiger partial charge in [-0.1, -0.05) is 6.92 Å². The molecule has 3 rings (SSSR count). The van der Waals surface area contributed by atoms with E-state index in [1.807, 2.05) is 6.92 Å². The van der Waals surface area contributed by atoms with E-state index < -0.39 is 6.04 Å². The van der Waals surface area contributed by atoms with E-state index >= 15 is 0 Å². The molecule has 2 aromatic rings. The number of hydrogen-bond acceptors (Lipinski definition) is 6. The van der Waals surface area contributed by atoms with Crippen molar-refractivity contribution < 1.29 is 23.9 Å². The molecule has 0 aliphatic carbocycles. The Labute approximate surface area is 175 Å². The van der Waals surface area contributed by atoms with E-state index in [2.05, 4.69) is 10.6 Å². The Morgan fingerprint density at radius 2 is 1.90 bits per heavy atom. The van der Waals surface area contributed by atoms with Crippen LogP contribution in [0.2, 0.25) is 0 Å². The van der Waals surface area contributed by atoms with Crippen molar-refractivity contribution >= 4 is 34.8 Å². The minimum Gasteiger partial charge on any atom is -0.495 e. The first-order valence-electron chi connectivity index (χ1n) is 9.74.